The quantitative estimate of drug-likeness (QED) is 0.848. The van der Waals surface area contributed by atoms with Gasteiger partial charge in [-0.05, 0) is 48.7 Å². The number of nitrogens with zero attached hydrogens (tertiary/aromatic N) is 1. The third kappa shape index (κ3) is 3.68. The molecule has 0 spiro atoms. The Morgan fingerprint density at radius 1 is 1.26 bits per heavy atom. The highest BCUT2D eigenvalue weighted by Crippen LogP contribution is 2.37. The predicted molar refractivity (Wildman–Crippen MR) is 103 cm³/mol. The van der Waals surface area contributed by atoms with E-state index in [1.165, 1.54) is 0 Å². The van der Waals surface area contributed by atoms with Crippen molar-refractivity contribution in [1.29, 1.82) is 0 Å². The zero-order chi connectivity index (χ0) is 18.9. The Hall–Kier alpha value is -2.08. The summed E-state index contributed by atoms with van der Waals surface area (Å²) in [5, 5.41) is 22.1. The van der Waals surface area contributed by atoms with E-state index in [2.05, 4.69) is 4.90 Å². The lowest BCUT2D eigenvalue weighted by atomic mass is 9.85. The molecular weight excluding hydrogens is 342 g/mol. The van der Waals surface area contributed by atoms with E-state index in [0.717, 1.165) is 41.8 Å². The van der Waals surface area contributed by atoms with Gasteiger partial charge in [-0.1, -0.05) is 24.3 Å². The molecule has 0 bridgehead atoms. The zero-order valence-electron chi connectivity index (χ0n) is 15.7. The number of β-amino-alcohol motifs (C(OH)–C–C–N with tert-alkyl or cyclic N) is 2. The van der Waals surface area contributed by atoms with Gasteiger partial charge in [-0.2, -0.15) is 0 Å². The summed E-state index contributed by atoms with van der Waals surface area (Å²) >= 11 is 0. The van der Waals surface area contributed by atoms with Crippen LogP contribution in [0, 0.1) is 0 Å². The fourth-order valence-electron chi connectivity index (χ4n) is 4.29. The molecule has 1 saturated heterocycles. The van der Waals surface area contributed by atoms with Crippen molar-refractivity contribution in [2.75, 3.05) is 33.4 Å². The molecule has 2 aliphatic heterocycles. The molecule has 5 nitrogen and oxygen atoms in total. The second kappa shape index (κ2) is 7.50. The van der Waals surface area contributed by atoms with Gasteiger partial charge in [-0.3, -0.25) is 4.90 Å². The van der Waals surface area contributed by atoms with Crippen molar-refractivity contribution >= 4 is 0 Å². The number of aliphatic hydroxyl groups is 2. The average molecular weight is 369 g/mol. The standard InChI is InChI=1S/C22H27NO4/c1-26-21-6-3-2-5-18(21)22(25)10-4-11-23(15-22)14-19(24)16-7-8-20-17(13-16)9-12-27-20/h2-3,5-8,13,19,24-25H,4,9-12,14-15H2,1H3/t19-,22+/m0/s1. The molecule has 4 rings (SSSR count). The van der Waals surface area contributed by atoms with Gasteiger partial charge in [0.15, 0.2) is 0 Å². The molecular formula is C22H27NO4. The van der Waals surface area contributed by atoms with Crippen molar-refractivity contribution in [1.82, 2.24) is 4.90 Å². The van der Waals surface area contributed by atoms with E-state index in [1.54, 1.807) is 7.11 Å². The van der Waals surface area contributed by atoms with Gasteiger partial charge in [0, 0.05) is 25.1 Å². The number of methoxy groups -OCH3 is 1. The first-order valence-electron chi connectivity index (χ1n) is 9.61. The van der Waals surface area contributed by atoms with Gasteiger partial charge in [-0.15, -0.1) is 0 Å². The first-order valence-corrected chi connectivity index (χ1v) is 9.61. The van der Waals surface area contributed by atoms with Gasteiger partial charge in [0.05, 0.1) is 19.8 Å². The third-order valence-corrected chi connectivity index (χ3v) is 5.69. The van der Waals surface area contributed by atoms with E-state index < -0.39 is 11.7 Å². The monoisotopic (exact) mass is 369 g/mol. The molecule has 5 heteroatoms. The van der Waals surface area contributed by atoms with Crippen LogP contribution in [0.4, 0.5) is 0 Å². The van der Waals surface area contributed by atoms with Crippen LogP contribution in [0.15, 0.2) is 42.5 Å². The maximum Gasteiger partial charge on any atom is 0.124 e. The van der Waals surface area contributed by atoms with Crippen molar-refractivity contribution in [3.05, 3.63) is 59.2 Å². The molecule has 0 aliphatic carbocycles. The second-order valence-electron chi connectivity index (χ2n) is 7.55. The molecule has 2 N–H and O–H groups in total. The highest BCUT2D eigenvalue weighted by atomic mass is 16.5. The Morgan fingerprint density at radius 3 is 2.96 bits per heavy atom. The van der Waals surface area contributed by atoms with E-state index in [9.17, 15) is 10.2 Å². The molecule has 2 aromatic carbocycles. The summed E-state index contributed by atoms with van der Waals surface area (Å²) in [5.41, 5.74) is 1.93. The fourth-order valence-corrected chi connectivity index (χ4v) is 4.29. The van der Waals surface area contributed by atoms with Crippen LogP contribution in [0.2, 0.25) is 0 Å². The molecule has 2 aromatic rings. The van der Waals surface area contributed by atoms with Crippen molar-refractivity contribution in [3.63, 3.8) is 0 Å². The molecule has 2 atom stereocenters. The normalized spacial score (nSPS) is 23.5. The van der Waals surface area contributed by atoms with E-state index in [0.29, 0.717) is 31.9 Å². The second-order valence-corrected chi connectivity index (χ2v) is 7.55. The lowest BCUT2D eigenvalue weighted by Crippen LogP contribution is -2.47. The van der Waals surface area contributed by atoms with Gasteiger partial charge in [0.2, 0.25) is 0 Å². The topological polar surface area (TPSA) is 62.2 Å². The Bertz CT molecular complexity index is 809. The van der Waals surface area contributed by atoms with Crippen molar-refractivity contribution < 1.29 is 19.7 Å². The van der Waals surface area contributed by atoms with Crippen molar-refractivity contribution in [2.24, 2.45) is 0 Å². The van der Waals surface area contributed by atoms with Crippen molar-refractivity contribution in [2.45, 2.75) is 31.0 Å². The number of piperidine rings is 1. The number of fused-ring (bicyclic) bond motifs is 1. The summed E-state index contributed by atoms with van der Waals surface area (Å²) < 4.78 is 11.0. The van der Waals surface area contributed by atoms with E-state index in [1.807, 2.05) is 42.5 Å². The maximum atomic E-state index is 11.3. The first-order chi connectivity index (χ1) is 13.1. The SMILES string of the molecule is COc1ccccc1[C@@]1(O)CCCN(C[C@H](O)c2ccc3c(c2)CCO3)C1. The lowest BCUT2D eigenvalue weighted by Gasteiger charge is -2.40. The summed E-state index contributed by atoms with van der Waals surface area (Å²) in [6, 6.07) is 13.6. The molecule has 2 aliphatic rings. The van der Waals surface area contributed by atoms with Crippen LogP contribution in [-0.2, 0) is 12.0 Å². The average Bonchev–Trinajstić information content (AvgIpc) is 3.16. The number of ether oxygens (including phenoxy) is 2. The lowest BCUT2D eigenvalue weighted by molar-refractivity contribution is -0.0474. The Kier molecular flexibility index (Phi) is 5.08. The van der Waals surface area contributed by atoms with Crippen LogP contribution < -0.4 is 9.47 Å². The minimum Gasteiger partial charge on any atom is -0.496 e. The van der Waals surface area contributed by atoms with E-state index >= 15 is 0 Å². The van der Waals surface area contributed by atoms with Gasteiger partial charge in [-0.25, -0.2) is 0 Å². The molecule has 0 radical (unpaired) electrons. The number of aliphatic hydroxyl groups excluding tert-OH is 1. The number of hydrogen-bond acceptors (Lipinski definition) is 5. The molecule has 0 aromatic heterocycles. The van der Waals surface area contributed by atoms with Crippen LogP contribution in [0.25, 0.3) is 0 Å². The maximum absolute atomic E-state index is 11.3. The Morgan fingerprint density at radius 2 is 2.11 bits per heavy atom. The Labute approximate surface area is 160 Å². The van der Waals surface area contributed by atoms with Crippen molar-refractivity contribution in [3.8, 4) is 11.5 Å². The number of para-hydroxylation sites is 1. The minimum absolute atomic E-state index is 0.485. The smallest absolute Gasteiger partial charge is 0.124 e. The molecule has 1 fully saturated rings. The number of rotatable bonds is 5. The van der Waals surface area contributed by atoms with Crippen LogP contribution in [-0.4, -0.2) is 48.5 Å². The van der Waals surface area contributed by atoms with E-state index in [4.69, 9.17) is 9.47 Å². The van der Waals surface area contributed by atoms with Crippen LogP contribution in [0.3, 0.4) is 0 Å². The molecule has 0 saturated carbocycles. The minimum atomic E-state index is -0.962. The molecule has 0 unspecified atom stereocenters. The highest BCUT2D eigenvalue weighted by molar-refractivity contribution is 5.41. The zero-order valence-corrected chi connectivity index (χ0v) is 15.7. The van der Waals surface area contributed by atoms with Crippen LogP contribution in [0.5, 0.6) is 11.5 Å². The van der Waals surface area contributed by atoms with Gasteiger partial charge < -0.3 is 19.7 Å². The number of benzene rings is 2. The summed E-state index contributed by atoms with van der Waals surface area (Å²) in [5.74, 6) is 1.63. The van der Waals surface area contributed by atoms with E-state index in [-0.39, 0.29) is 0 Å². The third-order valence-electron chi connectivity index (χ3n) is 5.69. The van der Waals surface area contributed by atoms with Crippen LogP contribution in [0.1, 0.15) is 35.6 Å². The largest absolute Gasteiger partial charge is 0.496 e. The molecule has 144 valence electrons. The summed E-state index contributed by atoms with van der Waals surface area (Å²) in [6.07, 6.45) is 1.87. The number of hydrogen-bond donors (Lipinski definition) is 2. The van der Waals surface area contributed by atoms with Gasteiger partial charge >= 0.3 is 0 Å². The highest BCUT2D eigenvalue weighted by Gasteiger charge is 2.37. The summed E-state index contributed by atoms with van der Waals surface area (Å²) in [6.45, 7) is 2.56. The van der Waals surface area contributed by atoms with Crippen LogP contribution >= 0.6 is 0 Å². The summed E-state index contributed by atoms with van der Waals surface area (Å²) in [7, 11) is 1.63. The Balaban J connectivity index is 1.48. The fraction of sp³-hybridized carbons (Fsp3) is 0.455. The predicted octanol–water partition coefficient (Wildman–Crippen LogP) is 2.65. The molecule has 27 heavy (non-hydrogen) atoms. The molecule has 2 heterocycles. The number of likely N-dealkylation sites (tertiary alicyclic amines) is 1. The van der Waals surface area contributed by atoms with Gasteiger partial charge in [0.25, 0.3) is 0 Å². The van der Waals surface area contributed by atoms with Gasteiger partial charge in [0.1, 0.15) is 17.1 Å². The first kappa shape index (κ1) is 18.3. The molecule has 0 amide bonds. The summed E-state index contributed by atoms with van der Waals surface area (Å²) in [4.78, 5) is 2.14.